The molecule has 0 aliphatic rings. The number of aryl methyl sites for hydroxylation is 1. The Morgan fingerprint density at radius 3 is 2.30 bits per heavy atom. The monoisotopic (exact) mass is 530 g/mol. The fraction of sp³-hybridized carbons (Fsp3) is 0.231. The predicted molar refractivity (Wildman–Crippen MR) is 134 cm³/mol. The maximum absolute atomic E-state index is 13.6. The number of hydrogen-bond acceptors (Lipinski definition) is 4. The number of alkyl halides is 3. The van der Waals surface area contributed by atoms with E-state index < -0.39 is 27.5 Å². The fourth-order valence-corrected chi connectivity index (χ4v) is 4.92. The first-order valence-corrected chi connectivity index (χ1v) is 13.1. The molecule has 1 heterocycles. The van der Waals surface area contributed by atoms with E-state index in [-0.39, 0.29) is 17.1 Å². The Bertz CT molecular complexity index is 1580. The van der Waals surface area contributed by atoms with Crippen molar-refractivity contribution in [3.63, 3.8) is 0 Å². The van der Waals surface area contributed by atoms with Crippen LogP contribution in [0.1, 0.15) is 36.7 Å². The van der Waals surface area contributed by atoms with Gasteiger partial charge in [0.2, 0.25) is 10.0 Å². The minimum absolute atomic E-state index is 0.0936. The van der Waals surface area contributed by atoms with E-state index in [1.54, 1.807) is 42.5 Å². The quantitative estimate of drug-likeness (QED) is 0.355. The molecule has 0 aliphatic heterocycles. The number of halogens is 3. The van der Waals surface area contributed by atoms with Gasteiger partial charge in [-0.25, -0.2) is 18.4 Å². The Balaban J connectivity index is 1.83. The molecular formula is C26H25F3N4O3S. The van der Waals surface area contributed by atoms with E-state index in [4.69, 9.17) is 5.14 Å². The molecular weight excluding hydrogens is 505 g/mol. The van der Waals surface area contributed by atoms with E-state index in [2.05, 4.69) is 5.10 Å². The van der Waals surface area contributed by atoms with Gasteiger partial charge in [0.25, 0.3) is 0 Å². The van der Waals surface area contributed by atoms with Crippen molar-refractivity contribution in [2.24, 2.45) is 5.14 Å². The topological polar surface area (TPSA) is 100.0 Å². The molecule has 0 amide bonds. The largest absolute Gasteiger partial charge is 0.418 e. The van der Waals surface area contributed by atoms with Gasteiger partial charge in [0.05, 0.1) is 22.7 Å². The summed E-state index contributed by atoms with van der Waals surface area (Å²) in [5.74, 6) is 0.299. The predicted octanol–water partition coefficient (Wildman–Crippen LogP) is 4.76. The molecule has 0 saturated heterocycles. The summed E-state index contributed by atoms with van der Waals surface area (Å²) in [6, 6.07) is 18.2. The number of primary sulfonamides is 1. The smallest absolute Gasteiger partial charge is 0.274 e. The van der Waals surface area contributed by atoms with Crippen LogP contribution in [0.25, 0.3) is 16.8 Å². The number of nitrogens with two attached hydrogens (primary N) is 1. The standard InChI is InChI=1S/C26H25F3N4O3S/c1-2-3-13-24-31-33(22-12-8-7-11-21(22)26(27,28)29)25(34)32(24)17-18-14-15-20(19-9-5-4-6-10-19)23(16-18)37(30,35)36/h4-12,14-16H,2-3,13,17H2,1H3,(H2,30,35,36). The van der Waals surface area contributed by atoms with Gasteiger partial charge in [-0.05, 0) is 35.7 Å². The third-order valence-corrected chi connectivity index (χ3v) is 6.86. The Morgan fingerprint density at radius 1 is 0.973 bits per heavy atom. The summed E-state index contributed by atoms with van der Waals surface area (Å²) in [7, 11) is -4.12. The van der Waals surface area contributed by atoms with E-state index in [1.807, 2.05) is 6.92 Å². The first-order valence-electron chi connectivity index (χ1n) is 11.6. The first kappa shape index (κ1) is 26.4. The molecule has 2 N–H and O–H groups in total. The van der Waals surface area contributed by atoms with Crippen molar-refractivity contribution in [2.75, 3.05) is 0 Å². The number of sulfonamides is 1. The van der Waals surface area contributed by atoms with Crippen LogP contribution in [-0.2, 0) is 29.2 Å². The second-order valence-electron chi connectivity index (χ2n) is 8.56. The molecule has 4 aromatic rings. The van der Waals surface area contributed by atoms with E-state index in [0.717, 1.165) is 17.2 Å². The Labute approximate surface area is 212 Å². The number of hydrogen-bond donors (Lipinski definition) is 1. The van der Waals surface area contributed by atoms with Crippen LogP contribution in [0.5, 0.6) is 0 Å². The van der Waals surface area contributed by atoms with Gasteiger partial charge in [0, 0.05) is 12.0 Å². The molecule has 7 nitrogen and oxygen atoms in total. The molecule has 0 radical (unpaired) electrons. The van der Waals surface area contributed by atoms with Crippen LogP contribution in [0.2, 0.25) is 0 Å². The average molecular weight is 531 g/mol. The van der Waals surface area contributed by atoms with Crippen LogP contribution < -0.4 is 10.8 Å². The molecule has 0 saturated carbocycles. The first-order chi connectivity index (χ1) is 17.5. The third-order valence-electron chi connectivity index (χ3n) is 5.91. The number of para-hydroxylation sites is 1. The molecule has 1 aromatic heterocycles. The van der Waals surface area contributed by atoms with Gasteiger partial charge in [-0.1, -0.05) is 67.9 Å². The molecule has 194 valence electrons. The minimum atomic E-state index is -4.68. The molecule has 0 unspecified atom stereocenters. The molecule has 0 atom stereocenters. The molecule has 11 heteroatoms. The lowest BCUT2D eigenvalue weighted by atomic mass is 10.0. The molecule has 37 heavy (non-hydrogen) atoms. The zero-order valence-corrected chi connectivity index (χ0v) is 20.8. The van der Waals surface area contributed by atoms with Gasteiger partial charge in [-0.15, -0.1) is 5.10 Å². The van der Waals surface area contributed by atoms with Gasteiger partial charge in [-0.2, -0.15) is 17.9 Å². The lowest BCUT2D eigenvalue weighted by Crippen LogP contribution is -2.26. The average Bonchev–Trinajstić information content (AvgIpc) is 3.17. The van der Waals surface area contributed by atoms with E-state index in [0.29, 0.717) is 35.4 Å². The van der Waals surface area contributed by atoms with Crippen molar-refractivity contribution in [1.82, 2.24) is 14.3 Å². The van der Waals surface area contributed by atoms with Crippen LogP contribution in [0.3, 0.4) is 0 Å². The highest BCUT2D eigenvalue weighted by Gasteiger charge is 2.34. The van der Waals surface area contributed by atoms with Crippen LogP contribution in [0, 0.1) is 0 Å². The second kappa shape index (κ2) is 10.3. The number of aromatic nitrogens is 3. The third kappa shape index (κ3) is 5.67. The Morgan fingerprint density at radius 2 is 1.65 bits per heavy atom. The van der Waals surface area contributed by atoms with Crippen LogP contribution in [0.4, 0.5) is 13.2 Å². The normalized spacial score (nSPS) is 12.1. The van der Waals surface area contributed by atoms with E-state index in [9.17, 15) is 26.4 Å². The summed E-state index contributed by atoms with van der Waals surface area (Å²) < 4.78 is 67.8. The highest BCUT2D eigenvalue weighted by molar-refractivity contribution is 7.89. The summed E-state index contributed by atoms with van der Waals surface area (Å²) >= 11 is 0. The van der Waals surface area contributed by atoms with Crippen LogP contribution in [-0.4, -0.2) is 22.8 Å². The van der Waals surface area contributed by atoms with E-state index >= 15 is 0 Å². The van der Waals surface area contributed by atoms with Gasteiger partial charge < -0.3 is 0 Å². The van der Waals surface area contributed by atoms with Gasteiger partial charge in [0.1, 0.15) is 5.82 Å². The van der Waals surface area contributed by atoms with Crippen molar-refractivity contribution in [3.8, 4) is 16.8 Å². The summed E-state index contributed by atoms with van der Waals surface area (Å²) in [5.41, 5.74) is -0.622. The molecule has 4 rings (SSSR count). The number of benzene rings is 3. The van der Waals surface area contributed by atoms with Crippen molar-refractivity contribution in [3.05, 3.63) is 100 Å². The highest BCUT2D eigenvalue weighted by Crippen LogP contribution is 2.33. The zero-order chi connectivity index (χ0) is 26.8. The molecule has 0 bridgehead atoms. The molecule has 0 spiro atoms. The van der Waals surface area contributed by atoms with Crippen LogP contribution >= 0.6 is 0 Å². The van der Waals surface area contributed by atoms with Crippen molar-refractivity contribution >= 4 is 10.0 Å². The van der Waals surface area contributed by atoms with E-state index in [1.165, 1.54) is 28.8 Å². The number of nitrogens with zero attached hydrogens (tertiary/aromatic N) is 3. The zero-order valence-electron chi connectivity index (χ0n) is 19.9. The fourth-order valence-electron chi connectivity index (χ4n) is 4.11. The minimum Gasteiger partial charge on any atom is -0.274 e. The summed E-state index contributed by atoms with van der Waals surface area (Å²) in [4.78, 5) is 13.2. The summed E-state index contributed by atoms with van der Waals surface area (Å²) in [5, 5.41) is 9.75. The SMILES string of the molecule is CCCCc1nn(-c2ccccc2C(F)(F)F)c(=O)n1Cc1ccc(-c2ccccc2)c(S(N)(=O)=O)c1. The maximum atomic E-state index is 13.6. The summed E-state index contributed by atoms with van der Waals surface area (Å²) in [6.07, 6.45) is -2.88. The Hall–Kier alpha value is -3.70. The number of unbranched alkanes of at least 4 members (excludes halogenated alkanes) is 1. The lowest BCUT2D eigenvalue weighted by Gasteiger charge is -2.12. The van der Waals surface area contributed by atoms with Crippen LogP contribution in [0.15, 0.2) is 82.5 Å². The van der Waals surface area contributed by atoms with Crippen molar-refractivity contribution in [1.29, 1.82) is 0 Å². The van der Waals surface area contributed by atoms with Crippen molar-refractivity contribution < 1.29 is 21.6 Å². The highest BCUT2D eigenvalue weighted by atomic mass is 32.2. The van der Waals surface area contributed by atoms with Gasteiger partial charge in [-0.3, -0.25) is 4.57 Å². The molecule has 0 fully saturated rings. The van der Waals surface area contributed by atoms with Gasteiger partial charge in [0.15, 0.2) is 0 Å². The van der Waals surface area contributed by atoms with Crippen molar-refractivity contribution in [2.45, 2.75) is 43.8 Å². The van der Waals surface area contributed by atoms with Gasteiger partial charge >= 0.3 is 11.9 Å². The lowest BCUT2D eigenvalue weighted by molar-refractivity contribution is -0.137. The summed E-state index contributed by atoms with van der Waals surface area (Å²) in [6.45, 7) is 1.85. The number of rotatable bonds is 8. The molecule has 3 aromatic carbocycles. The molecule has 0 aliphatic carbocycles. The second-order valence-corrected chi connectivity index (χ2v) is 10.1. The maximum Gasteiger partial charge on any atom is 0.418 e. The Kier molecular flexibility index (Phi) is 7.37.